The van der Waals surface area contributed by atoms with E-state index in [2.05, 4.69) is 27.3 Å². The molecular formula is C11H19N5O. The number of nitrogens with two attached hydrogens (primary N) is 1. The Bertz CT molecular complexity index is 385. The average Bonchev–Trinajstić information content (AvgIpc) is 3.06. The Morgan fingerprint density at radius 2 is 2.47 bits per heavy atom. The Hall–Kier alpha value is -1.56. The number of amides is 1. The molecule has 1 amide bonds. The molecule has 0 spiro atoms. The summed E-state index contributed by atoms with van der Waals surface area (Å²) in [6.07, 6.45) is 4.02. The van der Waals surface area contributed by atoms with Crippen molar-refractivity contribution < 1.29 is 4.79 Å². The molecule has 1 aromatic rings. The molecule has 0 aliphatic heterocycles. The van der Waals surface area contributed by atoms with Crippen molar-refractivity contribution in [1.82, 2.24) is 20.4 Å². The summed E-state index contributed by atoms with van der Waals surface area (Å²) in [6.45, 7) is 4.72. The Labute approximate surface area is 101 Å². The second-order valence-electron chi connectivity index (χ2n) is 4.31. The van der Waals surface area contributed by atoms with Gasteiger partial charge in [-0.3, -0.25) is 14.8 Å². The van der Waals surface area contributed by atoms with E-state index in [9.17, 15) is 4.79 Å². The standard InChI is InChI=1S/C11H19N5O/c1-2-16(8-3-4-8)6-5-13-11(17)9-7-14-15-10(9)12/h7-8H,2-6H2,1H3,(H,13,17)(H3,12,14,15). The first-order chi connectivity index (χ1) is 8.22. The van der Waals surface area contributed by atoms with Gasteiger partial charge in [0.2, 0.25) is 0 Å². The van der Waals surface area contributed by atoms with E-state index in [1.165, 1.54) is 19.0 Å². The molecule has 17 heavy (non-hydrogen) atoms. The van der Waals surface area contributed by atoms with Crippen molar-refractivity contribution in [3.05, 3.63) is 11.8 Å². The lowest BCUT2D eigenvalue weighted by atomic mass is 10.3. The van der Waals surface area contributed by atoms with Crippen molar-refractivity contribution in [2.45, 2.75) is 25.8 Å². The number of aromatic amines is 1. The zero-order valence-corrected chi connectivity index (χ0v) is 10.1. The lowest BCUT2D eigenvalue weighted by molar-refractivity contribution is 0.0949. The van der Waals surface area contributed by atoms with Gasteiger partial charge in [0.25, 0.3) is 5.91 Å². The molecule has 0 bridgehead atoms. The Morgan fingerprint density at radius 1 is 1.71 bits per heavy atom. The monoisotopic (exact) mass is 237 g/mol. The van der Waals surface area contributed by atoms with E-state index in [0.29, 0.717) is 17.9 Å². The normalized spacial score (nSPS) is 15.2. The third-order valence-electron chi connectivity index (χ3n) is 3.07. The molecule has 1 heterocycles. The Morgan fingerprint density at radius 3 is 3.00 bits per heavy atom. The molecule has 0 saturated heterocycles. The van der Waals surface area contributed by atoms with Gasteiger partial charge in [0.15, 0.2) is 0 Å². The van der Waals surface area contributed by atoms with Gasteiger partial charge in [0.1, 0.15) is 11.4 Å². The van der Waals surface area contributed by atoms with Gasteiger partial charge in [-0.1, -0.05) is 6.92 Å². The number of hydrogen-bond donors (Lipinski definition) is 3. The number of rotatable bonds is 6. The highest BCUT2D eigenvalue weighted by atomic mass is 16.1. The summed E-state index contributed by atoms with van der Waals surface area (Å²) in [5.41, 5.74) is 5.98. The van der Waals surface area contributed by atoms with Gasteiger partial charge in [0.05, 0.1) is 6.20 Å². The maximum Gasteiger partial charge on any atom is 0.256 e. The SMILES string of the molecule is CCN(CCNC(=O)c1cn[nH]c1N)C1CC1. The molecule has 1 aliphatic carbocycles. The number of H-pyrrole nitrogens is 1. The molecule has 2 rings (SSSR count). The van der Waals surface area contributed by atoms with Crippen molar-refractivity contribution in [2.24, 2.45) is 0 Å². The maximum atomic E-state index is 11.7. The number of anilines is 1. The third kappa shape index (κ3) is 2.97. The van der Waals surface area contributed by atoms with E-state index < -0.39 is 0 Å². The molecule has 0 unspecified atom stereocenters. The van der Waals surface area contributed by atoms with Crippen LogP contribution in [0.25, 0.3) is 0 Å². The van der Waals surface area contributed by atoms with Crippen LogP contribution in [0.15, 0.2) is 6.20 Å². The van der Waals surface area contributed by atoms with E-state index in [-0.39, 0.29) is 5.91 Å². The number of nitrogens with zero attached hydrogens (tertiary/aromatic N) is 2. The minimum absolute atomic E-state index is 0.164. The molecule has 1 saturated carbocycles. The van der Waals surface area contributed by atoms with E-state index in [4.69, 9.17) is 5.73 Å². The second-order valence-corrected chi connectivity index (χ2v) is 4.31. The highest BCUT2D eigenvalue weighted by molar-refractivity contribution is 5.98. The van der Waals surface area contributed by atoms with Crippen molar-refractivity contribution >= 4 is 11.7 Å². The van der Waals surface area contributed by atoms with Crippen LogP contribution >= 0.6 is 0 Å². The number of nitrogen functional groups attached to an aromatic ring is 1. The fourth-order valence-electron chi connectivity index (χ4n) is 1.92. The third-order valence-corrected chi connectivity index (χ3v) is 3.07. The minimum Gasteiger partial charge on any atom is -0.383 e. The van der Waals surface area contributed by atoms with Crippen LogP contribution in [0.1, 0.15) is 30.1 Å². The molecule has 0 aromatic carbocycles. The number of hydrogen-bond acceptors (Lipinski definition) is 4. The largest absolute Gasteiger partial charge is 0.383 e. The van der Waals surface area contributed by atoms with Crippen LogP contribution in [-0.4, -0.2) is 46.7 Å². The molecule has 1 aliphatic rings. The zero-order valence-electron chi connectivity index (χ0n) is 10.1. The van der Waals surface area contributed by atoms with Gasteiger partial charge in [0, 0.05) is 19.1 Å². The first-order valence-electron chi connectivity index (χ1n) is 6.03. The molecule has 0 radical (unpaired) electrons. The average molecular weight is 237 g/mol. The molecule has 6 heteroatoms. The summed E-state index contributed by atoms with van der Waals surface area (Å²) in [5.74, 6) is 0.153. The number of nitrogens with one attached hydrogen (secondary N) is 2. The molecule has 4 N–H and O–H groups in total. The van der Waals surface area contributed by atoms with Gasteiger partial charge in [-0.25, -0.2) is 0 Å². The van der Waals surface area contributed by atoms with E-state index >= 15 is 0 Å². The maximum absolute atomic E-state index is 11.7. The van der Waals surface area contributed by atoms with Crippen molar-refractivity contribution in [1.29, 1.82) is 0 Å². The molecule has 0 atom stereocenters. The first-order valence-corrected chi connectivity index (χ1v) is 6.03. The van der Waals surface area contributed by atoms with Crippen LogP contribution in [0.5, 0.6) is 0 Å². The molecule has 1 aromatic heterocycles. The molecule has 94 valence electrons. The summed E-state index contributed by atoms with van der Waals surface area (Å²) in [6, 6.07) is 0.732. The quantitative estimate of drug-likeness (QED) is 0.660. The summed E-state index contributed by atoms with van der Waals surface area (Å²) in [4.78, 5) is 14.1. The van der Waals surface area contributed by atoms with E-state index in [1.54, 1.807) is 0 Å². The summed E-state index contributed by atoms with van der Waals surface area (Å²) in [7, 11) is 0. The van der Waals surface area contributed by atoms with E-state index in [0.717, 1.165) is 19.1 Å². The fraction of sp³-hybridized carbons (Fsp3) is 0.636. The Balaban J connectivity index is 1.74. The highest BCUT2D eigenvalue weighted by Gasteiger charge is 2.27. The van der Waals surface area contributed by atoms with Gasteiger partial charge < -0.3 is 11.1 Å². The fourth-order valence-corrected chi connectivity index (χ4v) is 1.92. The lowest BCUT2D eigenvalue weighted by Gasteiger charge is -2.19. The van der Waals surface area contributed by atoms with Gasteiger partial charge in [-0.2, -0.15) is 5.10 Å². The topological polar surface area (TPSA) is 87.0 Å². The van der Waals surface area contributed by atoms with Crippen LogP contribution in [0.2, 0.25) is 0 Å². The predicted octanol–water partition coefficient (Wildman–Crippen LogP) is 0.206. The molecular weight excluding hydrogens is 218 g/mol. The van der Waals surface area contributed by atoms with Crippen molar-refractivity contribution in [3.63, 3.8) is 0 Å². The van der Waals surface area contributed by atoms with Crippen LogP contribution in [0.4, 0.5) is 5.82 Å². The number of carbonyl (C=O) groups is 1. The smallest absolute Gasteiger partial charge is 0.256 e. The van der Waals surface area contributed by atoms with Gasteiger partial charge in [-0.05, 0) is 19.4 Å². The van der Waals surface area contributed by atoms with E-state index in [1.807, 2.05) is 0 Å². The zero-order chi connectivity index (χ0) is 12.3. The minimum atomic E-state index is -0.164. The van der Waals surface area contributed by atoms with Gasteiger partial charge in [-0.15, -0.1) is 0 Å². The molecule has 6 nitrogen and oxygen atoms in total. The Kier molecular flexibility index (Phi) is 3.63. The summed E-state index contributed by atoms with van der Waals surface area (Å²) < 4.78 is 0. The first kappa shape index (κ1) is 11.9. The molecule has 1 fully saturated rings. The highest BCUT2D eigenvalue weighted by Crippen LogP contribution is 2.25. The summed E-state index contributed by atoms with van der Waals surface area (Å²) in [5, 5.41) is 9.12. The number of likely N-dealkylation sites (N-methyl/N-ethyl adjacent to an activating group) is 1. The van der Waals surface area contributed by atoms with Crippen LogP contribution in [0.3, 0.4) is 0 Å². The van der Waals surface area contributed by atoms with Gasteiger partial charge >= 0.3 is 0 Å². The van der Waals surface area contributed by atoms with Crippen LogP contribution in [-0.2, 0) is 0 Å². The lowest BCUT2D eigenvalue weighted by Crippen LogP contribution is -2.36. The summed E-state index contributed by atoms with van der Waals surface area (Å²) >= 11 is 0. The number of aromatic nitrogens is 2. The second kappa shape index (κ2) is 5.18. The van der Waals surface area contributed by atoms with Crippen molar-refractivity contribution in [3.8, 4) is 0 Å². The van der Waals surface area contributed by atoms with Crippen molar-refractivity contribution in [2.75, 3.05) is 25.4 Å². The van der Waals surface area contributed by atoms with Crippen LogP contribution < -0.4 is 11.1 Å². The predicted molar refractivity (Wildman–Crippen MR) is 65.6 cm³/mol. The number of carbonyl (C=O) groups excluding carboxylic acids is 1. The van der Waals surface area contributed by atoms with Crippen LogP contribution in [0, 0.1) is 0 Å².